The maximum Gasteiger partial charge on any atom is 0.413 e. The van der Waals surface area contributed by atoms with Gasteiger partial charge in [0.15, 0.2) is 4.34 Å². The maximum absolute atomic E-state index is 12.4. The van der Waals surface area contributed by atoms with Crippen LogP contribution in [-0.4, -0.2) is 70.5 Å². The summed E-state index contributed by atoms with van der Waals surface area (Å²) in [6, 6.07) is 4.21. The van der Waals surface area contributed by atoms with Crippen LogP contribution in [0.25, 0.3) is 0 Å². The van der Waals surface area contributed by atoms with Gasteiger partial charge in [0.1, 0.15) is 0 Å². The molecule has 3 rings (SSSR count). The molecule has 0 atom stereocenters. The molecule has 11 heteroatoms. The minimum atomic E-state index is -0.554. The van der Waals surface area contributed by atoms with Crippen LogP contribution >= 0.6 is 34.4 Å². The van der Waals surface area contributed by atoms with Crippen molar-refractivity contribution in [3.63, 3.8) is 0 Å². The van der Waals surface area contributed by atoms with Gasteiger partial charge in [-0.05, 0) is 18.4 Å². The normalized spacial score (nSPS) is 14.9. The largest absolute Gasteiger partial charge is 0.450 e. The predicted molar refractivity (Wildman–Crippen MR) is 107 cm³/mol. The molecule has 146 valence electrons. The average Bonchev–Trinajstić information content (AvgIpc) is 3.32. The highest BCUT2D eigenvalue weighted by Gasteiger charge is 2.22. The number of amides is 2. The van der Waals surface area contributed by atoms with Gasteiger partial charge in [0.05, 0.1) is 12.4 Å². The molecule has 2 amide bonds. The molecule has 3 heterocycles. The van der Waals surface area contributed by atoms with Gasteiger partial charge < -0.3 is 9.64 Å². The van der Waals surface area contributed by atoms with E-state index in [1.807, 2.05) is 4.90 Å². The number of anilines is 1. The number of aromatic nitrogens is 2. The van der Waals surface area contributed by atoms with E-state index in [-0.39, 0.29) is 5.91 Å². The van der Waals surface area contributed by atoms with Crippen molar-refractivity contribution >= 4 is 51.6 Å². The number of thioether (sulfide) groups is 1. The molecule has 1 aliphatic rings. The summed E-state index contributed by atoms with van der Waals surface area (Å²) in [5.74, 6) is 0.421. The molecule has 0 bridgehead atoms. The summed E-state index contributed by atoms with van der Waals surface area (Å²) in [5, 5.41) is 12.8. The Kier molecular flexibility index (Phi) is 7.44. The van der Waals surface area contributed by atoms with Crippen molar-refractivity contribution in [1.82, 2.24) is 20.0 Å². The van der Waals surface area contributed by atoms with Crippen molar-refractivity contribution in [2.24, 2.45) is 0 Å². The van der Waals surface area contributed by atoms with Crippen molar-refractivity contribution in [2.75, 3.05) is 43.9 Å². The number of thiophene rings is 1. The number of carbonyl (C=O) groups excluding carboxylic acids is 2. The van der Waals surface area contributed by atoms with E-state index in [1.54, 1.807) is 18.3 Å². The number of nitrogens with one attached hydrogen (secondary N) is 1. The summed E-state index contributed by atoms with van der Waals surface area (Å²) < 4.78 is 5.44. The van der Waals surface area contributed by atoms with Gasteiger partial charge >= 0.3 is 6.09 Å². The van der Waals surface area contributed by atoms with Crippen LogP contribution in [0, 0.1) is 0 Å². The van der Waals surface area contributed by atoms with Gasteiger partial charge in [-0.1, -0.05) is 29.2 Å². The van der Waals surface area contributed by atoms with Crippen LogP contribution < -0.4 is 5.32 Å². The first-order valence-electron chi connectivity index (χ1n) is 8.56. The van der Waals surface area contributed by atoms with Gasteiger partial charge in [-0.3, -0.25) is 15.0 Å². The number of nitrogens with zero attached hydrogens (tertiary/aromatic N) is 4. The summed E-state index contributed by atoms with van der Waals surface area (Å²) in [4.78, 5) is 29.4. The summed E-state index contributed by atoms with van der Waals surface area (Å²) >= 11 is 4.33. The van der Waals surface area contributed by atoms with Crippen molar-refractivity contribution in [3.8, 4) is 0 Å². The molecule has 1 N–H and O–H groups in total. The molecule has 27 heavy (non-hydrogen) atoms. The van der Waals surface area contributed by atoms with Gasteiger partial charge in [-0.15, -0.1) is 21.5 Å². The van der Waals surface area contributed by atoms with Crippen LogP contribution in [0.4, 0.5) is 9.93 Å². The van der Waals surface area contributed by atoms with Crippen molar-refractivity contribution < 1.29 is 14.3 Å². The fourth-order valence-corrected chi connectivity index (χ4v) is 4.95. The molecule has 1 saturated heterocycles. The van der Waals surface area contributed by atoms with E-state index in [9.17, 15) is 9.59 Å². The molecule has 2 aromatic heterocycles. The smallest absolute Gasteiger partial charge is 0.413 e. The Hall–Kier alpha value is -1.69. The van der Waals surface area contributed by atoms with E-state index in [1.165, 1.54) is 28.0 Å². The van der Waals surface area contributed by atoms with Gasteiger partial charge in [0, 0.05) is 37.6 Å². The topological polar surface area (TPSA) is 87.7 Å². The highest BCUT2D eigenvalue weighted by atomic mass is 32.2. The summed E-state index contributed by atoms with van der Waals surface area (Å²) in [7, 11) is 0. The first kappa shape index (κ1) is 20.1. The summed E-state index contributed by atoms with van der Waals surface area (Å²) in [5.41, 5.74) is 0. The van der Waals surface area contributed by atoms with Crippen molar-refractivity contribution in [3.05, 3.63) is 22.4 Å². The lowest BCUT2D eigenvalue weighted by Crippen LogP contribution is -2.48. The van der Waals surface area contributed by atoms with E-state index in [0.29, 0.717) is 21.8 Å². The zero-order valence-electron chi connectivity index (χ0n) is 14.9. The minimum absolute atomic E-state index is 0.103. The molecule has 1 fully saturated rings. The number of carbonyl (C=O) groups is 2. The van der Waals surface area contributed by atoms with E-state index in [0.717, 1.165) is 32.7 Å². The quantitative estimate of drug-likeness (QED) is 0.537. The van der Waals surface area contributed by atoms with Gasteiger partial charge in [-0.25, -0.2) is 4.79 Å². The fraction of sp³-hybridized carbons (Fsp3) is 0.500. The molecule has 0 unspecified atom stereocenters. The molecule has 0 aromatic carbocycles. The molecule has 0 aliphatic carbocycles. The number of ether oxygens (including phenoxy) is 1. The SMILES string of the molecule is CCOC(=O)Nc1nnc(SCC(=O)N2CCN(Cc3cccs3)CC2)s1. The first-order chi connectivity index (χ1) is 13.1. The molecule has 1 aliphatic heterocycles. The second-order valence-corrected chi connectivity index (χ2v) is 8.98. The molecular formula is C16H21N5O3S3. The van der Waals surface area contributed by atoms with Crippen molar-refractivity contribution in [2.45, 2.75) is 17.8 Å². The third-order valence-corrected chi connectivity index (χ3v) is 6.71. The number of hydrogen-bond acceptors (Lipinski definition) is 9. The van der Waals surface area contributed by atoms with Crippen LogP contribution in [-0.2, 0) is 16.1 Å². The van der Waals surface area contributed by atoms with Crippen molar-refractivity contribution in [1.29, 1.82) is 0 Å². The highest BCUT2D eigenvalue weighted by Crippen LogP contribution is 2.26. The van der Waals surface area contributed by atoms with E-state index in [2.05, 4.69) is 37.9 Å². The molecule has 0 saturated carbocycles. The Morgan fingerprint density at radius 1 is 1.30 bits per heavy atom. The highest BCUT2D eigenvalue weighted by molar-refractivity contribution is 8.01. The molecule has 2 aromatic rings. The molecule has 0 radical (unpaired) electrons. The second-order valence-electron chi connectivity index (χ2n) is 5.74. The monoisotopic (exact) mass is 427 g/mol. The lowest BCUT2D eigenvalue weighted by molar-refractivity contribution is -0.130. The predicted octanol–water partition coefficient (Wildman–Crippen LogP) is 2.60. The molecule has 0 spiro atoms. The molecular weight excluding hydrogens is 406 g/mol. The zero-order valence-corrected chi connectivity index (χ0v) is 17.4. The summed E-state index contributed by atoms with van der Waals surface area (Å²) in [6.07, 6.45) is -0.554. The van der Waals surface area contributed by atoms with E-state index < -0.39 is 6.09 Å². The summed E-state index contributed by atoms with van der Waals surface area (Å²) in [6.45, 7) is 6.25. The Balaban J connectivity index is 1.38. The number of piperazine rings is 1. The Labute approximate surface area is 169 Å². The Bertz CT molecular complexity index is 744. The number of hydrogen-bond donors (Lipinski definition) is 1. The van der Waals surface area contributed by atoms with Crippen LogP contribution in [0.3, 0.4) is 0 Å². The number of rotatable bonds is 7. The van der Waals surface area contributed by atoms with Gasteiger partial charge in [0.2, 0.25) is 11.0 Å². The third-order valence-electron chi connectivity index (χ3n) is 3.89. The average molecular weight is 428 g/mol. The Morgan fingerprint density at radius 2 is 2.11 bits per heavy atom. The van der Waals surface area contributed by atoms with Crippen LogP contribution in [0.1, 0.15) is 11.8 Å². The zero-order chi connectivity index (χ0) is 19.1. The standard InChI is InChI=1S/C16H21N5O3S3/c1-2-24-15(23)17-14-18-19-16(27-14)26-11-13(22)21-7-5-20(6-8-21)10-12-4-3-9-25-12/h3-4,9H,2,5-8,10-11H2,1H3,(H,17,18,23). The van der Waals surface area contributed by atoms with Gasteiger partial charge in [0.25, 0.3) is 0 Å². The third kappa shape index (κ3) is 6.16. The first-order valence-corrected chi connectivity index (χ1v) is 11.2. The minimum Gasteiger partial charge on any atom is -0.450 e. The lowest BCUT2D eigenvalue weighted by atomic mass is 10.3. The van der Waals surface area contributed by atoms with Crippen LogP contribution in [0.2, 0.25) is 0 Å². The fourth-order valence-electron chi connectivity index (χ4n) is 2.57. The Morgan fingerprint density at radius 3 is 2.81 bits per heavy atom. The lowest BCUT2D eigenvalue weighted by Gasteiger charge is -2.34. The maximum atomic E-state index is 12.4. The van der Waals surface area contributed by atoms with Gasteiger partial charge in [-0.2, -0.15) is 0 Å². The van der Waals surface area contributed by atoms with E-state index >= 15 is 0 Å². The molecule has 8 nitrogen and oxygen atoms in total. The van der Waals surface area contributed by atoms with Crippen LogP contribution in [0.15, 0.2) is 21.9 Å². The van der Waals surface area contributed by atoms with Crippen LogP contribution in [0.5, 0.6) is 0 Å². The second kappa shape index (κ2) is 10.0. The van der Waals surface area contributed by atoms with E-state index in [4.69, 9.17) is 4.74 Å².